The molecular weight excluding hydrogens is 200 g/mol. The van der Waals surface area contributed by atoms with Crippen LogP contribution in [-0.4, -0.2) is 34.3 Å². The highest BCUT2D eigenvalue weighted by Gasteiger charge is 2.52. The molecule has 0 aromatic rings. The smallest absolute Gasteiger partial charge is 0.328 e. The minimum atomic E-state index is -0.429. The second-order valence-electron chi connectivity index (χ2n) is 2.38. The minimum absolute atomic E-state index is 0.114. The lowest BCUT2D eigenvalue weighted by Gasteiger charge is -2.05. The van der Waals surface area contributed by atoms with Gasteiger partial charge in [-0.2, -0.15) is 0 Å². The van der Waals surface area contributed by atoms with E-state index < -0.39 is 11.9 Å². The zero-order valence-electron chi connectivity index (χ0n) is 6.18. The van der Waals surface area contributed by atoms with E-state index in [1.807, 2.05) is 0 Å². The largest absolute Gasteiger partial charge is 0.391 e. The average molecular weight is 206 g/mol. The van der Waals surface area contributed by atoms with Gasteiger partial charge in [-0.15, -0.1) is 23.5 Å². The van der Waals surface area contributed by atoms with Crippen LogP contribution >= 0.6 is 23.5 Å². The molecule has 0 amide bonds. The Labute approximate surface area is 77.3 Å². The molecule has 6 heteroatoms. The van der Waals surface area contributed by atoms with Crippen molar-refractivity contribution >= 4 is 35.5 Å². The van der Waals surface area contributed by atoms with Gasteiger partial charge in [0.25, 0.3) is 0 Å². The van der Waals surface area contributed by atoms with Crippen LogP contribution in [0.5, 0.6) is 0 Å². The zero-order chi connectivity index (χ0) is 8.72. The highest BCUT2D eigenvalue weighted by Crippen LogP contribution is 2.47. The number of carbonyl (C=O) groups is 2. The molecule has 2 saturated heterocycles. The van der Waals surface area contributed by atoms with Gasteiger partial charge in [0.2, 0.25) is 0 Å². The SMILES string of the molecule is COC1SC2C(=O)OC(=O)C2S1. The first-order valence-corrected chi connectivity index (χ1v) is 5.20. The van der Waals surface area contributed by atoms with Gasteiger partial charge in [0.15, 0.2) is 4.77 Å². The third kappa shape index (κ3) is 1.14. The third-order valence-electron chi connectivity index (χ3n) is 1.65. The Morgan fingerprint density at radius 3 is 2.17 bits per heavy atom. The van der Waals surface area contributed by atoms with E-state index in [2.05, 4.69) is 4.74 Å². The molecule has 0 aromatic heterocycles. The van der Waals surface area contributed by atoms with Crippen molar-refractivity contribution in [1.29, 1.82) is 0 Å². The summed E-state index contributed by atoms with van der Waals surface area (Å²) in [6.45, 7) is 0. The highest BCUT2D eigenvalue weighted by molar-refractivity contribution is 8.21. The molecule has 2 atom stereocenters. The summed E-state index contributed by atoms with van der Waals surface area (Å²) in [6.07, 6.45) is 0. The number of methoxy groups -OCH3 is 1. The molecule has 2 rings (SSSR count). The summed E-state index contributed by atoms with van der Waals surface area (Å²) in [5, 5.41) is -0.708. The van der Waals surface area contributed by atoms with E-state index in [1.54, 1.807) is 7.11 Å². The van der Waals surface area contributed by atoms with Crippen molar-refractivity contribution in [2.45, 2.75) is 15.3 Å². The predicted molar refractivity (Wildman–Crippen MR) is 44.7 cm³/mol. The van der Waals surface area contributed by atoms with Crippen molar-refractivity contribution < 1.29 is 19.1 Å². The second-order valence-corrected chi connectivity index (χ2v) is 5.09. The maximum Gasteiger partial charge on any atom is 0.328 e. The Morgan fingerprint density at radius 1 is 1.25 bits per heavy atom. The van der Waals surface area contributed by atoms with Crippen LogP contribution in [0, 0.1) is 0 Å². The maximum atomic E-state index is 11.0. The number of carbonyl (C=O) groups excluding carboxylic acids is 2. The Hall–Kier alpha value is -0.200. The number of esters is 2. The first-order chi connectivity index (χ1) is 5.72. The average Bonchev–Trinajstić information content (AvgIpc) is 2.55. The normalized spacial score (nSPS) is 39.9. The molecule has 12 heavy (non-hydrogen) atoms. The van der Waals surface area contributed by atoms with Gasteiger partial charge in [-0.3, -0.25) is 9.59 Å². The summed E-state index contributed by atoms with van der Waals surface area (Å²) >= 11 is 2.68. The van der Waals surface area contributed by atoms with Gasteiger partial charge in [-0.05, 0) is 0 Å². The van der Waals surface area contributed by atoms with E-state index in [0.29, 0.717) is 0 Å². The highest BCUT2D eigenvalue weighted by atomic mass is 32.2. The maximum absolute atomic E-state index is 11.0. The number of thioether (sulfide) groups is 2. The Kier molecular flexibility index (Phi) is 2.05. The molecular formula is C6H6O4S2. The van der Waals surface area contributed by atoms with Crippen LogP contribution in [-0.2, 0) is 19.1 Å². The van der Waals surface area contributed by atoms with Gasteiger partial charge in [0, 0.05) is 7.11 Å². The van der Waals surface area contributed by atoms with Crippen molar-refractivity contribution in [1.82, 2.24) is 0 Å². The van der Waals surface area contributed by atoms with E-state index in [1.165, 1.54) is 23.5 Å². The van der Waals surface area contributed by atoms with Gasteiger partial charge in [0.05, 0.1) is 0 Å². The molecule has 2 fully saturated rings. The lowest BCUT2D eigenvalue weighted by molar-refractivity contribution is -0.151. The van der Waals surface area contributed by atoms with Gasteiger partial charge < -0.3 is 9.47 Å². The van der Waals surface area contributed by atoms with Crippen LogP contribution in [0.4, 0.5) is 0 Å². The number of cyclic esters (lactones) is 2. The Morgan fingerprint density at radius 2 is 1.75 bits per heavy atom. The molecule has 0 saturated carbocycles. The van der Waals surface area contributed by atoms with Gasteiger partial charge in [-0.25, -0.2) is 0 Å². The fourth-order valence-electron chi connectivity index (χ4n) is 1.10. The first kappa shape index (κ1) is 8.40. The molecule has 0 aromatic carbocycles. The number of rotatable bonds is 1. The van der Waals surface area contributed by atoms with Crippen LogP contribution in [0.15, 0.2) is 0 Å². The van der Waals surface area contributed by atoms with E-state index >= 15 is 0 Å². The van der Waals surface area contributed by atoms with Crippen LogP contribution in [0.1, 0.15) is 0 Å². The monoisotopic (exact) mass is 206 g/mol. The molecule has 0 spiro atoms. The standard InChI is InChI=1S/C6H6O4S2/c1-9-6-11-2-3(12-6)5(8)10-4(2)7/h2-3,6H,1H3. The summed E-state index contributed by atoms with van der Waals surface area (Å²) < 4.78 is 9.34. The molecule has 2 unspecified atom stereocenters. The van der Waals surface area contributed by atoms with E-state index in [-0.39, 0.29) is 15.3 Å². The molecule has 4 nitrogen and oxygen atoms in total. The Bertz CT molecular complexity index is 220. The third-order valence-corrected chi connectivity index (χ3v) is 4.83. The van der Waals surface area contributed by atoms with Crippen LogP contribution in [0.2, 0.25) is 0 Å². The van der Waals surface area contributed by atoms with Crippen LogP contribution in [0.25, 0.3) is 0 Å². The lowest BCUT2D eigenvalue weighted by atomic mass is 10.3. The van der Waals surface area contributed by atoms with Gasteiger partial charge >= 0.3 is 11.9 Å². The lowest BCUT2D eigenvalue weighted by Crippen LogP contribution is -2.17. The van der Waals surface area contributed by atoms with Gasteiger partial charge in [0.1, 0.15) is 10.5 Å². The van der Waals surface area contributed by atoms with Crippen molar-refractivity contribution in [3.63, 3.8) is 0 Å². The quantitative estimate of drug-likeness (QED) is 0.452. The van der Waals surface area contributed by atoms with Crippen LogP contribution < -0.4 is 0 Å². The first-order valence-electron chi connectivity index (χ1n) is 3.31. The number of ether oxygens (including phenoxy) is 2. The number of fused-ring (bicyclic) bond motifs is 1. The fourth-order valence-corrected chi connectivity index (χ4v) is 3.99. The molecule has 0 radical (unpaired) electrons. The number of hydrogen-bond acceptors (Lipinski definition) is 6. The summed E-state index contributed by atoms with van der Waals surface area (Å²) in [7, 11) is 1.56. The molecule has 2 aliphatic rings. The van der Waals surface area contributed by atoms with Gasteiger partial charge in [-0.1, -0.05) is 0 Å². The molecule has 0 bridgehead atoms. The summed E-state index contributed by atoms with van der Waals surface area (Å²) in [5.41, 5.74) is 0. The molecule has 0 N–H and O–H groups in total. The fraction of sp³-hybridized carbons (Fsp3) is 0.667. The van der Waals surface area contributed by atoms with Crippen molar-refractivity contribution in [2.24, 2.45) is 0 Å². The van der Waals surface area contributed by atoms with Crippen molar-refractivity contribution in [2.75, 3.05) is 7.11 Å². The topological polar surface area (TPSA) is 52.6 Å². The second kappa shape index (κ2) is 2.93. The van der Waals surface area contributed by atoms with Crippen LogP contribution in [0.3, 0.4) is 0 Å². The predicted octanol–water partition coefficient (Wildman–Crippen LogP) is 0.217. The van der Waals surface area contributed by atoms with E-state index in [4.69, 9.17) is 4.74 Å². The zero-order valence-corrected chi connectivity index (χ0v) is 7.81. The van der Waals surface area contributed by atoms with Crippen molar-refractivity contribution in [3.05, 3.63) is 0 Å². The molecule has 66 valence electrons. The number of hydrogen-bond donors (Lipinski definition) is 0. The van der Waals surface area contributed by atoms with E-state index in [9.17, 15) is 9.59 Å². The minimum Gasteiger partial charge on any atom is -0.391 e. The van der Waals surface area contributed by atoms with E-state index in [0.717, 1.165) is 0 Å². The molecule has 2 heterocycles. The van der Waals surface area contributed by atoms with Crippen molar-refractivity contribution in [3.8, 4) is 0 Å². The summed E-state index contributed by atoms with van der Waals surface area (Å²) in [4.78, 5) is 22.0. The molecule has 2 aliphatic heterocycles. The molecule has 0 aliphatic carbocycles. The summed E-state index contributed by atoms with van der Waals surface area (Å²) in [6, 6.07) is 0. The summed E-state index contributed by atoms with van der Waals surface area (Å²) in [5.74, 6) is -0.857. The Balaban J connectivity index is 2.14.